The number of carbonyl (C=O) groups excluding carboxylic acids is 1. The second kappa shape index (κ2) is 7.09. The topological polar surface area (TPSA) is 74.5 Å². The van der Waals surface area contributed by atoms with E-state index in [1.807, 2.05) is 0 Å². The third-order valence-electron chi connectivity index (χ3n) is 3.26. The van der Waals surface area contributed by atoms with Crippen molar-refractivity contribution < 1.29 is 18.7 Å². The number of hydrogen-bond acceptors (Lipinski definition) is 3. The van der Waals surface area contributed by atoms with Gasteiger partial charge in [-0.1, -0.05) is 12.1 Å². The number of rotatable bonds is 6. The molecular weight excluding hydrogens is 287 g/mol. The molecule has 0 saturated carbocycles. The van der Waals surface area contributed by atoms with E-state index in [0.29, 0.717) is 18.7 Å². The van der Waals surface area contributed by atoms with Crippen molar-refractivity contribution in [3.05, 3.63) is 59.8 Å². The van der Waals surface area contributed by atoms with Crippen LogP contribution in [0.15, 0.2) is 47.1 Å². The average molecular weight is 306 g/mol. The van der Waals surface area contributed by atoms with E-state index in [0.717, 1.165) is 5.56 Å². The van der Waals surface area contributed by atoms with Gasteiger partial charge in [0, 0.05) is 6.54 Å². The Bertz CT molecular complexity index is 594. The lowest BCUT2D eigenvalue weighted by Crippen LogP contribution is -2.43. The zero-order valence-corrected chi connectivity index (χ0v) is 12.3. The Morgan fingerprint density at radius 1 is 1.27 bits per heavy atom. The summed E-state index contributed by atoms with van der Waals surface area (Å²) in [6.07, 6.45) is 2.06. The fourth-order valence-electron chi connectivity index (χ4n) is 1.96. The molecule has 1 aromatic heterocycles. The molecule has 0 fully saturated rings. The summed E-state index contributed by atoms with van der Waals surface area (Å²) in [5.41, 5.74) is -0.332. The van der Waals surface area contributed by atoms with Crippen LogP contribution in [0, 0.1) is 5.82 Å². The lowest BCUT2D eigenvalue weighted by atomic mass is 10.0. The zero-order chi connectivity index (χ0) is 16.0. The fourth-order valence-corrected chi connectivity index (χ4v) is 1.96. The van der Waals surface area contributed by atoms with Crippen molar-refractivity contribution in [2.45, 2.75) is 18.9 Å². The number of furan rings is 1. The minimum absolute atomic E-state index is 0.0306. The molecule has 1 unspecified atom stereocenters. The first-order chi connectivity index (χ1) is 10.5. The summed E-state index contributed by atoms with van der Waals surface area (Å²) in [6.45, 7) is 2.01. The smallest absolute Gasteiger partial charge is 0.314 e. The Hall–Kier alpha value is -2.34. The third-order valence-corrected chi connectivity index (χ3v) is 3.26. The zero-order valence-electron chi connectivity index (χ0n) is 12.3. The molecule has 1 aromatic carbocycles. The number of amides is 2. The molecule has 3 N–H and O–H groups in total. The number of aliphatic hydroxyl groups is 1. The Kier molecular flexibility index (Phi) is 5.16. The molecule has 6 heteroatoms. The largest absolute Gasteiger partial charge is 0.466 e. The molecule has 2 amide bonds. The number of urea groups is 1. The van der Waals surface area contributed by atoms with Gasteiger partial charge in [-0.05, 0) is 43.2 Å². The first-order valence-electron chi connectivity index (χ1n) is 7.00. The highest BCUT2D eigenvalue weighted by molar-refractivity contribution is 5.73. The molecule has 22 heavy (non-hydrogen) atoms. The number of nitrogens with one attached hydrogen (secondary N) is 2. The molecule has 5 nitrogen and oxygen atoms in total. The lowest BCUT2D eigenvalue weighted by molar-refractivity contribution is 0.0367. The summed E-state index contributed by atoms with van der Waals surface area (Å²) in [5, 5.41) is 15.4. The van der Waals surface area contributed by atoms with Crippen molar-refractivity contribution in [2.24, 2.45) is 0 Å². The minimum Gasteiger partial charge on any atom is -0.466 e. The van der Waals surface area contributed by atoms with E-state index in [2.05, 4.69) is 10.6 Å². The van der Waals surface area contributed by atoms with Gasteiger partial charge in [0.05, 0.1) is 12.8 Å². The van der Waals surface area contributed by atoms with E-state index in [1.54, 1.807) is 31.2 Å². The lowest BCUT2D eigenvalue weighted by Gasteiger charge is -2.21. The number of halogens is 1. The second-order valence-electron chi connectivity index (χ2n) is 5.24. The maximum atomic E-state index is 12.8. The highest BCUT2D eigenvalue weighted by Crippen LogP contribution is 2.19. The van der Waals surface area contributed by atoms with Crippen molar-refractivity contribution in [3.8, 4) is 0 Å². The highest BCUT2D eigenvalue weighted by atomic mass is 19.1. The molecule has 0 bridgehead atoms. The maximum Gasteiger partial charge on any atom is 0.314 e. The van der Waals surface area contributed by atoms with Crippen LogP contribution in [0.5, 0.6) is 0 Å². The Morgan fingerprint density at radius 2 is 2.00 bits per heavy atom. The Balaban J connectivity index is 1.71. The van der Waals surface area contributed by atoms with Gasteiger partial charge in [0.2, 0.25) is 0 Å². The predicted molar refractivity (Wildman–Crippen MR) is 79.8 cm³/mol. The summed E-state index contributed by atoms with van der Waals surface area (Å²) in [6, 6.07) is 9.06. The van der Waals surface area contributed by atoms with Crippen LogP contribution in [0.2, 0.25) is 0 Å². The third kappa shape index (κ3) is 4.60. The van der Waals surface area contributed by atoms with Crippen molar-refractivity contribution in [3.63, 3.8) is 0 Å². The molecular formula is C16H19FN2O3. The van der Waals surface area contributed by atoms with E-state index in [1.165, 1.54) is 18.4 Å². The van der Waals surface area contributed by atoms with Crippen LogP contribution in [0.25, 0.3) is 0 Å². The fraction of sp³-hybridized carbons (Fsp3) is 0.312. The van der Waals surface area contributed by atoms with Gasteiger partial charge in [0.25, 0.3) is 0 Å². The van der Waals surface area contributed by atoms with E-state index in [4.69, 9.17) is 4.42 Å². The molecule has 0 aliphatic heterocycles. The second-order valence-corrected chi connectivity index (χ2v) is 5.24. The molecule has 0 aliphatic rings. The molecule has 2 rings (SSSR count). The SMILES string of the molecule is CC(O)(CNC(=O)NCCc1ccc(F)cc1)c1ccco1. The summed E-state index contributed by atoms with van der Waals surface area (Å²) in [7, 11) is 0. The summed E-state index contributed by atoms with van der Waals surface area (Å²) in [4.78, 5) is 11.7. The first-order valence-corrected chi connectivity index (χ1v) is 7.00. The van der Waals surface area contributed by atoms with E-state index in [-0.39, 0.29) is 18.4 Å². The number of benzene rings is 1. The van der Waals surface area contributed by atoms with Gasteiger partial charge in [-0.3, -0.25) is 0 Å². The van der Waals surface area contributed by atoms with Gasteiger partial charge in [-0.2, -0.15) is 0 Å². The maximum absolute atomic E-state index is 12.8. The van der Waals surface area contributed by atoms with Gasteiger partial charge < -0.3 is 20.2 Å². The summed E-state index contributed by atoms with van der Waals surface area (Å²) >= 11 is 0. The molecule has 0 aliphatic carbocycles. The van der Waals surface area contributed by atoms with Crippen molar-refractivity contribution in [1.29, 1.82) is 0 Å². The first kappa shape index (κ1) is 16.0. The van der Waals surface area contributed by atoms with E-state index in [9.17, 15) is 14.3 Å². The number of carbonyl (C=O) groups is 1. The van der Waals surface area contributed by atoms with Crippen LogP contribution < -0.4 is 10.6 Å². The van der Waals surface area contributed by atoms with Crippen LogP contribution in [-0.2, 0) is 12.0 Å². The highest BCUT2D eigenvalue weighted by Gasteiger charge is 2.26. The summed E-state index contributed by atoms with van der Waals surface area (Å²) < 4.78 is 17.9. The number of hydrogen-bond donors (Lipinski definition) is 3. The van der Waals surface area contributed by atoms with Crippen molar-refractivity contribution >= 4 is 6.03 Å². The molecule has 0 spiro atoms. The van der Waals surface area contributed by atoms with Crippen LogP contribution in [-0.4, -0.2) is 24.2 Å². The van der Waals surface area contributed by atoms with E-state index < -0.39 is 5.60 Å². The van der Waals surface area contributed by atoms with E-state index >= 15 is 0 Å². The minimum atomic E-state index is -1.27. The monoisotopic (exact) mass is 306 g/mol. The Morgan fingerprint density at radius 3 is 2.64 bits per heavy atom. The molecule has 0 saturated heterocycles. The summed E-state index contributed by atoms with van der Waals surface area (Å²) in [5.74, 6) is 0.105. The van der Waals surface area contributed by atoms with Crippen molar-refractivity contribution in [1.82, 2.24) is 10.6 Å². The van der Waals surface area contributed by atoms with Crippen LogP contribution >= 0.6 is 0 Å². The Labute approximate surface area is 128 Å². The van der Waals surface area contributed by atoms with Crippen LogP contribution in [0.1, 0.15) is 18.2 Å². The van der Waals surface area contributed by atoms with Gasteiger partial charge in [0.1, 0.15) is 17.2 Å². The standard InChI is InChI=1S/C16H19FN2O3/c1-16(21,14-3-2-10-22-14)11-19-15(20)18-9-8-12-4-6-13(17)7-5-12/h2-7,10,21H,8-9,11H2,1H3,(H2,18,19,20). The molecule has 118 valence electrons. The van der Waals surface area contributed by atoms with Gasteiger partial charge in [-0.25, -0.2) is 9.18 Å². The van der Waals surface area contributed by atoms with Crippen LogP contribution in [0.4, 0.5) is 9.18 Å². The normalized spacial score (nSPS) is 13.4. The van der Waals surface area contributed by atoms with Gasteiger partial charge in [-0.15, -0.1) is 0 Å². The predicted octanol–water partition coefficient (Wildman–Crippen LogP) is 2.17. The van der Waals surface area contributed by atoms with Gasteiger partial charge >= 0.3 is 6.03 Å². The average Bonchev–Trinajstić information content (AvgIpc) is 3.02. The van der Waals surface area contributed by atoms with Crippen LogP contribution in [0.3, 0.4) is 0 Å². The molecule has 2 aromatic rings. The van der Waals surface area contributed by atoms with Gasteiger partial charge in [0.15, 0.2) is 0 Å². The molecule has 1 atom stereocenters. The molecule has 1 heterocycles. The molecule has 0 radical (unpaired) electrons. The quantitative estimate of drug-likeness (QED) is 0.765. The van der Waals surface area contributed by atoms with Crippen molar-refractivity contribution in [2.75, 3.05) is 13.1 Å².